The monoisotopic (exact) mass is 293 g/mol. The van der Waals surface area contributed by atoms with E-state index < -0.39 is 17.7 Å². The van der Waals surface area contributed by atoms with Gasteiger partial charge in [0.1, 0.15) is 5.82 Å². The smallest absolute Gasteiger partial charge is 0.328 e. The Morgan fingerprint density at radius 2 is 2.24 bits per heavy atom. The molecule has 1 heterocycles. The normalized spacial score (nSPS) is 21.6. The Hall–Kier alpha value is -2.21. The van der Waals surface area contributed by atoms with Gasteiger partial charge in [0.15, 0.2) is 0 Å². The standard InChI is InChI=1S/C15H16FNO4/c1-9-13(6-7-21-9)17-15(20)11-8-10(2-4-12(11)16)3-5-14(18)19/h2-5,8-9,13H,6-7H2,1H3,(H,17,20)(H,18,19)/b5-3+. The van der Waals surface area contributed by atoms with Crippen LogP contribution >= 0.6 is 0 Å². The largest absolute Gasteiger partial charge is 0.478 e. The van der Waals surface area contributed by atoms with Gasteiger partial charge in [-0.05, 0) is 37.1 Å². The first-order valence-corrected chi connectivity index (χ1v) is 6.60. The van der Waals surface area contributed by atoms with Crippen LogP contribution < -0.4 is 5.32 Å². The van der Waals surface area contributed by atoms with Gasteiger partial charge < -0.3 is 15.2 Å². The molecule has 2 N–H and O–H groups in total. The fourth-order valence-electron chi connectivity index (χ4n) is 2.16. The molecule has 1 aromatic carbocycles. The fraction of sp³-hybridized carbons (Fsp3) is 0.333. The summed E-state index contributed by atoms with van der Waals surface area (Å²) in [4.78, 5) is 22.6. The van der Waals surface area contributed by atoms with Crippen molar-refractivity contribution in [2.75, 3.05) is 6.61 Å². The zero-order valence-electron chi connectivity index (χ0n) is 11.5. The molecule has 0 spiro atoms. The minimum atomic E-state index is -1.11. The Kier molecular flexibility index (Phi) is 4.70. The fourth-order valence-corrected chi connectivity index (χ4v) is 2.16. The van der Waals surface area contributed by atoms with Crippen LogP contribution in [0.15, 0.2) is 24.3 Å². The van der Waals surface area contributed by atoms with Crippen LogP contribution in [0.4, 0.5) is 4.39 Å². The summed E-state index contributed by atoms with van der Waals surface area (Å²) in [5, 5.41) is 11.3. The van der Waals surface area contributed by atoms with Gasteiger partial charge in [-0.15, -0.1) is 0 Å². The van der Waals surface area contributed by atoms with Crippen LogP contribution in [-0.2, 0) is 9.53 Å². The number of carboxylic acids is 1. The maximum absolute atomic E-state index is 13.8. The summed E-state index contributed by atoms with van der Waals surface area (Å²) in [6.07, 6.45) is 2.82. The lowest BCUT2D eigenvalue weighted by Gasteiger charge is -2.16. The minimum absolute atomic E-state index is 0.105. The molecular formula is C15H16FNO4. The first-order chi connectivity index (χ1) is 9.97. The third-order valence-electron chi connectivity index (χ3n) is 3.35. The van der Waals surface area contributed by atoms with E-state index in [1.807, 2.05) is 6.92 Å². The van der Waals surface area contributed by atoms with Gasteiger partial charge in [-0.3, -0.25) is 4.79 Å². The molecule has 1 fully saturated rings. The zero-order valence-corrected chi connectivity index (χ0v) is 11.5. The molecule has 1 amide bonds. The number of hydrogen-bond donors (Lipinski definition) is 2. The topological polar surface area (TPSA) is 75.6 Å². The molecule has 1 aliphatic rings. The summed E-state index contributed by atoms with van der Waals surface area (Å²) in [5.41, 5.74) is 0.335. The summed E-state index contributed by atoms with van der Waals surface area (Å²) >= 11 is 0. The van der Waals surface area contributed by atoms with Crippen molar-refractivity contribution in [1.82, 2.24) is 5.32 Å². The highest BCUT2D eigenvalue weighted by Gasteiger charge is 2.26. The summed E-state index contributed by atoms with van der Waals surface area (Å²) in [7, 11) is 0. The number of carboxylic acid groups (broad SMARTS) is 1. The molecular weight excluding hydrogens is 277 g/mol. The van der Waals surface area contributed by atoms with Crippen molar-refractivity contribution in [1.29, 1.82) is 0 Å². The highest BCUT2D eigenvalue weighted by Crippen LogP contribution is 2.16. The molecule has 1 saturated heterocycles. The van der Waals surface area contributed by atoms with Crippen LogP contribution in [0.5, 0.6) is 0 Å². The highest BCUT2D eigenvalue weighted by molar-refractivity contribution is 5.95. The number of carbonyl (C=O) groups excluding carboxylic acids is 1. The van der Waals surface area contributed by atoms with E-state index in [9.17, 15) is 14.0 Å². The molecule has 1 aromatic rings. The number of hydrogen-bond acceptors (Lipinski definition) is 3. The summed E-state index contributed by atoms with van der Waals surface area (Å²) in [6, 6.07) is 3.73. The summed E-state index contributed by atoms with van der Waals surface area (Å²) in [6.45, 7) is 2.41. The third-order valence-corrected chi connectivity index (χ3v) is 3.35. The lowest BCUT2D eigenvalue weighted by Crippen LogP contribution is -2.39. The van der Waals surface area contributed by atoms with Crippen molar-refractivity contribution in [2.45, 2.75) is 25.5 Å². The molecule has 2 atom stereocenters. The maximum atomic E-state index is 13.8. The number of ether oxygens (including phenoxy) is 1. The second kappa shape index (κ2) is 6.49. The minimum Gasteiger partial charge on any atom is -0.478 e. The first kappa shape index (κ1) is 15.2. The Labute approximate surface area is 121 Å². The van der Waals surface area contributed by atoms with E-state index in [4.69, 9.17) is 9.84 Å². The molecule has 6 heteroatoms. The number of halogens is 1. The van der Waals surface area contributed by atoms with Crippen LogP contribution in [0.25, 0.3) is 6.08 Å². The Bertz CT molecular complexity index is 585. The first-order valence-electron chi connectivity index (χ1n) is 6.60. The lowest BCUT2D eigenvalue weighted by molar-refractivity contribution is -0.131. The number of benzene rings is 1. The van der Waals surface area contributed by atoms with E-state index in [1.54, 1.807) is 0 Å². The van der Waals surface area contributed by atoms with Crippen molar-refractivity contribution in [3.63, 3.8) is 0 Å². The molecule has 21 heavy (non-hydrogen) atoms. The predicted octanol–water partition coefficient (Wildman–Crippen LogP) is 1.83. The van der Waals surface area contributed by atoms with E-state index in [0.717, 1.165) is 12.1 Å². The summed E-state index contributed by atoms with van der Waals surface area (Å²) in [5.74, 6) is -2.28. The Morgan fingerprint density at radius 1 is 1.48 bits per heavy atom. The quantitative estimate of drug-likeness (QED) is 0.830. The molecule has 1 aliphatic heterocycles. The van der Waals surface area contributed by atoms with Gasteiger partial charge in [0.2, 0.25) is 0 Å². The highest BCUT2D eigenvalue weighted by atomic mass is 19.1. The Balaban J connectivity index is 2.15. The van der Waals surface area contributed by atoms with Crippen molar-refractivity contribution >= 4 is 18.0 Å². The third kappa shape index (κ3) is 3.88. The number of rotatable bonds is 4. The molecule has 0 saturated carbocycles. The molecule has 112 valence electrons. The zero-order chi connectivity index (χ0) is 15.4. The number of carbonyl (C=O) groups is 2. The van der Waals surface area contributed by atoms with E-state index >= 15 is 0 Å². The number of amides is 1. The van der Waals surface area contributed by atoms with Gasteiger partial charge in [-0.1, -0.05) is 6.07 Å². The molecule has 0 aromatic heterocycles. The number of aliphatic carboxylic acids is 1. The van der Waals surface area contributed by atoms with Crippen LogP contribution in [0, 0.1) is 5.82 Å². The Morgan fingerprint density at radius 3 is 2.86 bits per heavy atom. The molecule has 0 bridgehead atoms. The van der Waals surface area contributed by atoms with Crippen LogP contribution in [0.1, 0.15) is 29.3 Å². The van der Waals surface area contributed by atoms with E-state index in [0.29, 0.717) is 18.6 Å². The summed E-state index contributed by atoms with van der Waals surface area (Å²) < 4.78 is 19.1. The van der Waals surface area contributed by atoms with E-state index in [1.165, 1.54) is 18.2 Å². The maximum Gasteiger partial charge on any atom is 0.328 e. The van der Waals surface area contributed by atoms with E-state index in [2.05, 4.69) is 5.32 Å². The predicted molar refractivity (Wildman–Crippen MR) is 74.4 cm³/mol. The van der Waals surface area contributed by atoms with Crippen LogP contribution in [-0.4, -0.2) is 35.7 Å². The average Bonchev–Trinajstić information content (AvgIpc) is 2.83. The van der Waals surface area contributed by atoms with Crippen molar-refractivity contribution in [3.8, 4) is 0 Å². The van der Waals surface area contributed by atoms with Crippen LogP contribution in [0.2, 0.25) is 0 Å². The van der Waals surface area contributed by atoms with Crippen LogP contribution in [0.3, 0.4) is 0 Å². The lowest BCUT2D eigenvalue weighted by atomic mass is 10.1. The van der Waals surface area contributed by atoms with E-state index in [-0.39, 0.29) is 17.7 Å². The van der Waals surface area contributed by atoms with Gasteiger partial charge in [-0.2, -0.15) is 0 Å². The van der Waals surface area contributed by atoms with Crippen molar-refractivity contribution in [3.05, 3.63) is 41.2 Å². The molecule has 2 rings (SSSR count). The van der Waals surface area contributed by atoms with Crippen molar-refractivity contribution < 1.29 is 23.8 Å². The van der Waals surface area contributed by atoms with Gasteiger partial charge in [0, 0.05) is 12.7 Å². The van der Waals surface area contributed by atoms with Gasteiger partial charge in [0.25, 0.3) is 5.91 Å². The number of nitrogens with one attached hydrogen (secondary N) is 1. The second-order valence-corrected chi connectivity index (χ2v) is 4.86. The molecule has 0 aliphatic carbocycles. The van der Waals surface area contributed by atoms with Crippen molar-refractivity contribution in [2.24, 2.45) is 0 Å². The second-order valence-electron chi connectivity index (χ2n) is 4.86. The van der Waals surface area contributed by atoms with Gasteiger partial charge in [-0.25, -0.2) is 9.18 Å². The SMILES string of the molecule is CC1OCCC1NC(=O)c1cc(/C=C/C(=O)O)ccc1F. The molecule has 2 unspecified atom stereocenters. The molecule has 5 nitrogen and oxygen atoms in total. The average molecular weight is 293 g/mol. The molecule has 0 radical (unpaired) electrons. The van der Waals surface area contributed by atoms with Gasteiger partial charge in [0.05, 0.1) is 17.7 Å². The van der Waals surface area contributed by atoms with Gasteiger partial charge >= 0.3 is 5.97 Å².